The highest BCUT2D eigenvalue weighted by Gasteiger charge is 2.12. The van der Waals surface area contributed by atoms with E-state index in [2.05, 4.69) is 10.3 Å². The van der Waals surface area contributed by atoms with Crippen LogP contribution in [0.3, 0.4) is 0 Å². The van der Waals surface area contributed by atoms with Gasteiger partial charge in [-0.15, -0.1) is 0 Å². The fourth-order valence-corrected chi connectivity index (χ4v) is 2.09. The van der Waals surface area contributed by atoms with Crippen LogP contribution in [0.4, 0.5) is 0 Å². The molecule has 0 aliphatic heterocycles. The molecule has 108 valence electrons. The third-order valence-corrected chi connectivity index (χ3v) is 3.33. The normalized spacial score (nSPS) is 11.5. The van der Waals surface area contributed by atoms with Gasteiger partial charge in [0.05, 0.1) is 13.7 Å². The van der Waals surface area contributed by atoms with Gasteiger partial charge in [-0.25, -0.2) is 18.5 Å². The monoisotopic (exact) mass is 297 g/mol. The number of hydrogen-bond donors (Lipinski definition) is 2. The molecule has 3 N–H and O–H groups in total. The Morgan fingerprint density at radius 3 is 2.80 bits per heavy atom. The molecule has 7 nitrogen and oxygen atoms in total. The van der Waals surface area contributed by atoms with Gasteiger partial charge in [-0.05, 0) is 23.8 Å². The van der Waals surface area contributed by atoms with E-state index in [1.54, 1.807) is 19.4 Å². The molecule has 0 bridgehead atoms. The van der Waals surface area contributed by atoms with E-state index in [0.717, 1.165) is 5.56 Å². The Bertz CT molecular complexity index is 682. The molecule has 2 heterocycles. The highest BCUT2D eigenvalue weighted by atomic mass is 32.2. The number of nitrogens with two attached hydrogens (primary N) is 1. The number of nitrogens with one attached hydrogen (secondary N) is 1. The summed E-state index contributed by atoms with van der Waals surface area (Å²) < 4.78 is 32.3. The summed E-state index contributed by atoms with van der Waals surface area (Å²) >= 11 is 0. The molecule has 0 amide bonds. The molecule has 8 heteroatoms. The van der Waals surface area contributed by atoms with Gasteiger partial charge >= 0.3 is 0 Å². The predicted molar refractivity (Wildman–Crippen MR) is 71.4 cm³/mol. The van der Waals surface area contributed by atoms with E-state index in [0.29, 0.717) is 24.7 Å². The second-order valence-electron chi connectivity index (χ2n) is 4.08. The van der Waals surface area contributed by atoms with E-state index in [1.807, 2.05) is 12.1 Å². The van der Waals surface area contributed by atoms with Crippen molar-refractivity contribution in [3.05, 3.63) is 41.8 Å². The fourth-order valence-electron chi connectivity index (χ4n) is 1.61. The first-order valence-electron chi connectivity index (χ1n) is 5.80. The van der Waals surface area contributed by atoms with Crippen molar-refractivity contribution in [1.29, 1.82) is 0 Å². The molecule has 0 radical (unpaired) electrons. The van der Waals surface area contributed by atoms with Gasteiger partial charge in [0.1, 0.15) is 5.76 Å². The van der Waals surface area contributed by atoms with E-state index >= 15 is 0 Å². The number of aromatic nitrogens is 1. The van der Waals surface area contributed by atoms with Crippen molar-refractivity contribution >= 4 is 10.0 Å². The SMILES string of the molecule is COc1cc(CNCc2ccc(S(N)(=O)=O)o2)ccn1. The molecule has 2 aromatic rings. The summed E-state index contributed by atoms with van der Waals surface area (Å²) in [6.45, 7) is 0.963. The average Bonchev–Trinajstić information content (AvgIpc) is 2.88. The van der Waals surface area contributed by atoms with Crippen molar-refractivity contribution in [2.24, 2.45) is 5.14 Å². The quantitative estimate of drug-likeness (QED) is 0.809. The molecule has 20 heavy (non-hydrogen) atoms. The molecule has 0 atom stereocenters. The number of primary sulfonamides is 1. The molecule has 0 aromatic carbocycles. The van der Waals surface area contributed by atoms with Crippen molar-refractivity contribution < 1.29 is 17.6 Å². The molecule has 0 fully saturated rings. The van der Waals surface area contributed by atoms with Gasteiger partial charge in [0.2, 0.25) is 11.0 Å². The molecule has 0 aliphatic rings. The maximum atomic E-state index is 11.1. The smallest absolute Gasteiger partial charge is 0.271 e. The molecule has 0 aliphatic carbocycles. The highest BCUT2D eigenvalue weighted by Crippen LogP contribution is 2.12. The first-order valence-corrected chi connectivity index (χ1v) is 7.35. The van der Waals surface area contributed by atoms with E-state index in [-0.39, 0.29) is 5.09 Å². The summed E-state index contributed by atoms with van der Waals surface area (Å²) in [4.78, 5) is 4.01. The Hall–Kier alpha value is -1.90. The third-order valence-electron chi connectivity index (χ3n) is 2.55. The Labute approximate surface area is 116 Å². The summed E-state index contributed by atoms with van der Waals surface area (Å²) in [6.07, 6.45) is 1.65. The Morgan fingerprint density at radius 1 is 1.35 bits per heavy atom. The molecule has 0 saturated heterocycles. The van der Waals surface area contributed by atoms with E-state index in [9.17, 15) is 8.42 Å². The average molecular weight is 297 g/mol. The van der Waals surface area contributed by atoms with Crippen molar-refractivity contribution in [1.82, 2.24) is 10.3 Å². The second kappa shape index (κ2) is 6.04. The summed E-state index contributed by atoms with van der Waals surface area (Å²) in [6, 6.07) is 6.57. The van der Waals surface area contributed by atoms with Gasteiger partial charge in [0.25, 0.3) is 10.0 Å². The van der Waals surface area contributed by atoms with Crippen LogP contribution in [0.2, 0.25) is 0 Å². The summed E-state index contributed by atoms with van der Waals surface area (Å²) in [5, 5.41) is 7.84. The maximum absolute atomic E-state index is 11.1. The van der Waals surface area contributed by atoms with Gasteiger partial charge in [-0.3, -0.25) is 0 Å². The molecule has 0 spiro atoms. The zero-order valence-corrected chi connectivity index (χ0v) is 11.7. The van der Waals surface area contributed by atoms with E-state index < -0.39 is 10.0 Å². The Balaban J connectivity index is 1.91. The number of sulfonamides is 1. The van der Waals surface area contributed by atoms with Crippen LogP contribution in [0, 0.1) is 0 Å². The standard InChI is InChI=1S/C12H15N3O4S/c1-18-11-6-9(4-5-15-11)7-14-8-10-2-3-12(19-10)20(13,16)17/h2-6,14H,7-8H2,1H3,(H2,13,16,17). The molecule has 2 aromatic heterocycles. The van der Waals surface area contributed by atoms with Crippen LogP contribution in [0.15, 0.2) is 40.0 Å². The summed E-state index contributed by atoms with van der Waals surface area (Å²) in [7, 11) is -2.23. The van der Waals surface area contributed by atoms with Gasteiger partial charge in [0.15, 0.2) is 0 Å². The lowest BCUT2D eigenvalue weighted by Crippen LogP contribution is -2.13. The van der Waals surface area contributed by atoms with Gasteiger partial charge in [0, 0.05) is 18.8 Å². The number of methoxy groups -OCH3 is 1. The molecular weight excluding hydrogens is 282 g/mol. The third kappa shape index (κ3) is 3.80. The lowest BCUT2D eigenvalue weighted by molar-refractivity contribution is 0.395. The summed E-state index contributed by atoms with van der Waals surface area (Å²) in [5.74, 6) is 1.04. The minimum atomic E-state index is -3.79. The van der Waals surface area contributed by atoms with E-state index in [4.69, 9.17) is 14.3 Å². The maximum Gasteiger partial charge on any atom is 0.271 e. The Kier molecular flexibility index (Phi) is 4.38. The van der Waals surface area contributed by atoms with Crippen LogP contribution in [-0.4, -0.2) is 20.5 Å². The minimum Gasteiger partial charge on any atom is -0.481 e. The number of furan rings is 1. The van der Waals surface area contributed by atoms with Gasteiger partial charge in [-0.2, -0.15) is 0 Å². The molecule has 0 unspecified atom stereocenters. The van der Waals surface area contributed by atoms with Crippen molar-refractivity contribution in [2.75, 3.05) is 7.11 Å². The lowest BCUT2D eigenvalue weighted by atomic mass is 10.2. The Morgan fingerprint density at radius 2 is 2.15 bits per heavy atom. The minimum absolute atomic E-state index is 0.236. The van der Waals surface area contributed by atoms with Crippen LogP contribution in [0.25, 0.3) is 0 Å². The first-order chi connectivity index (χ1) is 9.49. The van der Waals surface area contributed by atoms with Crippen molar-refractivity contribution in [2.45, 2.75) is 18.2 Å². The predicted octanol–water partition coefficient (Wildman–Crippen LogP) is 0.620. The van der Waals surface area contributed by atoms with Gasteiger partial charge < -0.3 is 14.5 Å². The number of ether oxygens (including phenoxy) is 1. The zero-order chi connectivity index (χ0) is 14.6. The number of pyridine rings is 1. The van der Waals surface area contributed by atoms with Crippen LogP contribution >= 0.6 is 0 Å². The molecule has 0 saturated carbocycles. The number of hydrogen-bond acceptors (Lipinski definition) is 6. The van der Waals surface area contributed by atoms with Crippen LogP contribution < -0.4 is 15.2 Å². The molecular formula is C12H15N3O4S. The van der Waals surface area contributed by atoms with Crippen molar-refractivity contribution in [3.63, 3.8) is 0 Å². The van der Waals surface area contributed by atoms with Crippen LogP contribution in [-0.2, 0) is 23.1 Å². The fraction of sp³-hybridized carbons (Fsp3) is 0.250. The number of rotatable bonds is 6. The van der Waals surface area contributed by atoms with Crippen molar-refractivity contribution in [3.8, 4) is 5.88 Å². The summed E-state index contributed by atoms with van der Waals surface area (Å²) in [5.41, 5.74) is 0.995. The second-order valence-corrected chi connectivity index (χ2v) is 5.57. The van der Waals surface area contributed by atoms with Crippen LogP contribution in [0.5, 0.6) is 5.88 Å². The first kappa shape index (κ1) is 14.5. The topological polar surface area (TPSA) is 107 Å². The largest absolute Gasteiger partial charge is 0.481 e. The highest BCUT2D eigenvalue weighted by molar-refractivity contribution is 7.89. The zero-order valence-electron chi connectivity index (χ0n) is 10.9. The van der Waals surface area contributed by atoms with E-state index in [1.165, 1.54) is 6.07 Å². The van der Waals surface area contributed by atoms with Gasteiger partial charge in [-0.1, -0.05) is 0 Å². The number of nitrogens with zero attached hydrogens (tertiary/aromatic N) is 1. The van der Waals surface area contributed by atoms with Crippen LogP contribution in [0.1, 0.15) is 11.3 Å². The lowest BCUT2D eigenvalue weighted by Gasteiger charge is -2.04. The molecule has 2 rings (SSSR count).